The molecule has 3 rings (SSSR count). The van der Waals surface area contributed by atoms with Crippen molar-refractivity contribution in [2.24, 2.45) is 0 Å². The fraction of sp³-hybridized carbons (Fsp3) is 0.130. The van der Waals surface area contributed by atoms with Crippen LogP contribution in [-0.4, -0.2) is 19.9 Å². The van der Waals surface area contributed by atoms with E-state index in [4.69, 9.17) is 0 Å². The van der Waals surface area contributed by atoms with Crippen LogP contribution in [0.5, 0.6) is 0 Å². The summed E-state index contributed by atoms with van der Waals surface area (Å²) in [5, 5.41) is 11.3. The Hall–Kier alpha value is -3.29. The van der Waals surface area contributed by atoms with Crippen molar-refractivity contribution >= 4 is 15.7 Å². The van der Waals surface area contributed by atoms with Gasteiger partial charge in [0.15, 0.2) is 4.90 Å². The highest BCUT2D eigenvalue weighted by Crippen LogP contribution is 2.36. The van der Waals surface area contributed by atoms with Gasteiger partial charge in [0.05, 0.1) is 4.92 Å². The first kappa shape index (κ1) is 21.4. The smallest absolute Gasteiger partial charge is 0.258 e. The van der Waals surface area contributed by atoms with E-state index in [9.17, 15) is 18.5 Å². The van der Waals surface area contributed by atoms with Crippen LogP contribution in [0.15, 0.2) is 102 Å². The number of rotatable bonds is 9. The molecule has 0 amide bonds. The van der Waals surface area contributed by atoms with Crippen molar-refractivity contribution in [3.05, 3.63) is 119 Å². The molecule has 30 heavy (non-hydrogen) atoms. The molecule has 0 fully saturated rings. The van der Waals surface area contributed by atoms with E-state index in [1.54, 1.807) is 6.08 Å². The van der Waals surface area contributed by atoms with E-state index in [2.05, 4.69) is 11.3 Å². The van der Waals surface area contributed by atoms with Gasteiger partial charge in [0.2, 0.25) is 10.0 Å². The van der Waals surface area contributed by atoms with E-state index in [1.165, 1.54) is 24.3 Å². The van der Waals surface area contributed by atoms with Gasteiger partial charge in [0.1, 0.15) is 0 Å². The summed E-state index contributed by atoms with van der Waals surface area (Å²) in [6, 6.07) is 24.5. The number of nitrogens with zero attached hydrogens (tertiary/aromatic N) is 1. The summed E-state index contributed by atoms with van der Waals surface area (Å²) in [6.07, 6.45) is 2.22. The first-order valence-electron chi connectivity index (χ1n) is 9.36. The van der Waals surface area contributed by atoms with Gasteiger partial charge >= 0.3 is 0 Å². The van der Waals surface area contributed by atoms with Crippen LogP contribution in [-0.2, 0) is 15.4 Å². The summed E-state index contributed by atoms with van der Waals surface area (Å²) < 4.78 is 28.7. The van der Waals surface area contributed by atoms with Gasteiger partial charge in [-0.15, -0.1) is 6.58 Å². The quantitative estimate of drug-likeness (QED) is 0.314. The molecule has 0 spiro atoms. The lowest BCUT2D eigenvalue weighted by Gasteiger charge is -2.34. The van der Waals surface area contributed by atoms with Crippen molar-refractivity contribution in [1.29, 1.82) is 0 Å². The predicted octanol–water partition coefficient (Wildman–Crippen LogP) is 4.44. The van der Waals surface area contributed by atoms with E-state index in [0.717, 1.165) is 11.1 Å². The third-order valence-corrected chi connectivity index (χ3v) is 6.51. The van der Waals surface area contributed by atoms with E-state index in [-0.39, 0.29) is 11.4 Å². The summed E-state index contributed by atoms with van der Waals surface area (Å²) in [4.78, 5) is 10.3. The maximum Gasteiger partial charge on any atom is 0.289 e. The summed E-state index contributed by atoms with van der Waals surface area (Å²) >= 11 is 0. The standard InChI is InChI=1S/C23H22N2O4S/c1-2-17-23(19-11-5-3-6-12-19,20-13-7-4-8-14-20)18-24-30(28,29)22-16-10-9-15-21(22)25(26)27/h2-16,24H,1,17-18H2. The zero-order valence-corrected chi connectivity index (χ0v) is 17.1. The Morgan fingerprint density at radius 3 is 1.90 bits per heavy atom. The van der Waals surface area contributed by atoms with Crippen LogP contribution in [0, 0.1) is 10.1 Å². The van der Waals surface area contributed by atoms with Crippen molar-refractivity contribution in [2.75, 3.05) is 6.54 Å². The minimum atomic E-state index is -4.13. The molecule has 0 atom stereocenters. The molecule has 0 aliphatic carbocycles. The van der Waals surface area contributed by atoms with Gasteiger partial charge in [0, 0.05) is 18.0 Å². The maximum atomic E-state index is 13.0. The van der Waals surface area contributed by atoms with Crippen LogP contribution >= 0.6 is 0 Å². The van der Waals surface area contributed by atoms with E-state index in [1.807, 2.05) is 60.7 Å². The third-order valence-electron chi connectivity index (χ3n) is 5.06. The molecule has 0 saturated heterocycles. The van der Waals surface area contributed by atoms with Gasteiger partial charge in [0.25, 0.3) is 5.69 Å². The first-order valence-corrected chi connectivity index (χ1v) is 10.8. The van der Waals surface area contributed by atoms with Gasteiger partial charge in [-0.3, -0.25) is 10.1 Å². The largest absolute Gasteiger partial charge is 0.289 e. The molecule has 0 radical (unpaired) electrons. The summed E-state index contributed by atoms with van der Waals surface area (Å²) in [5.74, 6) is 0. The molecule has 154 valence electrons. The molecular weight excluding hydrogens is 400 g/mol. The molecular formula is C23H22N2O4S. The second-order valence-electron chi connectivity index (χ2n) is 6.86. The zero-order chi connectivity index (χ0) is 21.6. The average molecular weight is 423 g/mol. The molecule has 3 aromatic carbocycles. The first-order chi connectivity index (χ1) is 14.4. The predicted molar refractivity (Wildman–Crippen MR) is 117 cm³/mol. The molecule has 0 unspecified atom stereocenters. The van der Waals surface area contributed by atoms with Gasteiger partial charge in [-0.05, 0) is 23.6 Å². The number of allylic oxidation sites excluding steroid dienone is 1. The van der Waals surface area contributed by atoms with E-state index >= 15 is 0 Å². The van der Waals surface area contributed by atoms with Crippen molar-refractivity contribution in [3.63, 3.8) is 0 Å². The number of hydrogen-bond donors (Lipinski definition) is 1. The lowest BCUT2D eigenvalue weighted by atomic mass is 9.72. The monoisotopic (exact) mass is 422 g/mol. The SMILES string of the molecule is C=CCC(CNS(=O)(=O)c1ccccc1[N+](=O)[O-])(c1ccccc1)c1ccccc1. The molecule has 7 heteroatoms. The molecule has 0 aromatic heterocycles. The summed E-state index contributed by atoms with van der Waals surface area (Å²) in [6.45, 7) is 3.89. The highest BCUT2D eigenvalue weighted by atomic mass is 32.2. The molecule has 1 N–H and O–H groups in total. The van der Waals surface area contributed by atoms with E-state index < -0.39 is 26.0 Å². The van der Waals surface area contributed by atoms with Crippen molar-refractivity contribution in [1.82, 2.24) is 4.72 Å². The van der Waals surface area contributed by atoms with Crippen LogP contribution in [0.25, 0.3) is 0 Å². The van der Waals surface area contributed by atoms with E-state index in [0.29, 0.717) is 6.42 Å². The lowest BCUT2D eigenvalue weighted by Crippen LogP contribution is -2.41. The Morgan fingerprint density at radius 2 is 1.40 bits per heavy atom. The number of para-hydroxylation sites is 1. The van der Waals surface area contributed by atoms with Gasteiger partial charge in [-0.25, -0.2) is 13.1 Å². The second kappa shape index (κ2) is 9.02. The minimum absolute atomic E-state index is 0.0153. The fourth-order valence-corrected chi connectivity index (χ4v) is 4.84. The molecule has 0 saturated carbocycles. The molecule has 0 aliphatic heterocycles. The summed E-state index contributed by atoms with van der Waals surface area (Å²) in [7, 11) is -4.13. The number of nitro benzene ring substituents is 1. The van der Waals surface area contributed by atoms with Crippen LogP contribution in [0.3, 0.4) is 0 Å². The van der Waals surface area contributed by atoms with Gasteiger partial charge in [-0.2, -0.15) is 0 Å². The van der Waals surface area contributed by atoms with Gasteiger partial charge < -0.3 is 0 Å². The lowest BCUT2D eigenvalue weighted by molar-refractivity contribution is -0.387. The Bertz CT molecular complexity index is 1090. The highest BCUT2D eigenvalue weighted by molar-refractivity contribution is 7.89. The number of hydrogen-bond acceptors (Lipinski definition) is 4. The molecule has 3 aromatic rings. The third kappa shape index (κ3) is 4.32. The van der Waals surface area contributed by atoms with Crippen LogP contribution in [0.2, 0.25) is 0 Å². The van der Waals surface area contributed by atoms with Crippen molar-refractivity contribution < 1.29 is 13.3 Å². The highest BCUT2D eigenvalue weighted by Gasteiger charge is 2.35. The van der Waals surface area contributed by atoms with Gasteiger partial charge in [-0.1, -0.05) is 78.9 Å². The number of nitro groups is 1. The second-order valence-corrected chi connectivity index (χ2v) is 8.59. The fourth-order valence-electron chi connectivity index (χ4n) is 3.57. The Labute approximate surface area is 176 Å². The number of nitrogens with one attached hydrogen (secondary N) is 1. The molecule has 0 heterocycles. The maximum absolute atomic E-state index is 13.0. The van der Waals surface area contributed by atoms with Crippen LogP contribution < -0.4 is 4.72 Å². The normalized spacial score (nSPS) is 11.7. The van der Waals surface area contributed by atoms with Crippen molar-refractivity contribution in [3.8, 4) is 0 Å². The molecule has 0 aliphatic rings. The minimum Gasteiger partial charge on any atom is -0.258 e. The van der Waals surface area contributed by atoms with Crippen LogP contribution in [0.4, 0.5) is 5.69 Å². The summed E-state index contributed by atoms with van der Waals surface area (Å²) in [5.41, 5.74) is 0.655. The van der Waals surface area contributed by atoms with Crippen LogP contribution in [0.1, 0.15) is 17.5 Å². The molecule has 6 nitrogen and oxygen atoms in total. The molecule has 0 bridgehead atoms. The average Bonchev–Trinajstić information content (AvgIpc) is 2.78. The topological polar surface area (TPSA) is 89.3 Å². The number of sulfonamides is 1. The zero-order valence-electron chi connectivity index (χ0n) is 16.3. The Balaban J connectivity index is 2.07. The number of benzene rings is 3. The Kier molecular flexibility index (Phi) is 6.44. The Morgan fingerprint density at radius 1 is 0.900 bits per heavy atom. The van der Waals surface area contributed by atoms with Crippen molar-refractivity contribution in [2.45, 2.75) is 16.7 Å².